The van der Waals surface area contributed by atoms with Gasteiger partial charge >= 0.3 is 35.5 Å². The van der Waals surface area contributed by atoms with E-state index in [4.69, 9.17) is 5.11 Å². The second-order valence-electron chi connectivity index (χ2n) is 8.87. The molecule has 0 amide bonds. The number of nitrogens with zero attached hydrogens (tertiary/aromatic N) is 1. The molecule has 0 aliphatic heterocycles. The van der Waals surface area contributed by atoms with Gasteiger partial charge in [-0.05, 0) is 35.1 Å². The third kappa shape index (κ3) is 5.85. The van der Waals surface area contributed by atoms with Gasteiger partial charge in [0.1, 0.15) is 5.82 Å². The van der Waals surface area contributed by atoms with Crippen molar-refractivity contribution >= 4 is 57.9 Å². The number of aliphatic carboxylic acids is 1. The van der Waals surface area contributed by atoms with Crippen LogP contribution in [-0.2, 0) is 4.79 Å². The van der Waals surface area contributed by atoms with Gasteiger partial charge < -0.3 is 19.7 Å². The molecule has 4 rings (SSSR count). The molecule has 0 aliphatic carbocycles. The van der Waals surface area contributed by atoms with Gasteiger partial charge in [-0.2, -0.15) is 0 Å². The molecule has 0 saturated carbocycles. The first-order valence-corrected chi connectivity index (χ1v) is 11.3. The van der Waals surface area contributed by atoms with Crippen molar-refractivity contribution < 1.29 is 24.5 Å². The molecule has 0 fully saturated rings. The number of pyridine rings is 1. The molecule has 0 bridgehead atoms. The Hall–Kier alpha value is -2.48. The molecular formula is C28H29FNNaO4. The van der Waals surface area contributed by atoms with E-state index in [-0.39, 0.29) is 47.7 Å². The van der Waals surface area contributed by atoms with Crippen molar-refractivity contribution in [1.29, 1.82) is 0 Å². The number of rotatable bonds is 8. The van der Waals surface area contributed by atoms with Crippen molar-refractivity contribution in [1.82, 2.24) is 4.40 Å². The Morgan fingerprint density at radius 3 is 2.40 bits per heavy atom. The molecule has 2 aromatic heterocycles. The van der Waals surface area contributed by atoms with Gasteiger partial charge in [0.25, 0.3) is 0 Å². The zero-order valence-corrected chi connectivity index (χ0v) is 19.1. The minimum atomic E-state index is -1.14. The molecule has 0 spiro atoms. The number of hydrogen-bond donors (Lipinski definition) is 3. The van der Waals surface area contributed by atoms with Gasteiger partial charge in [-0.1, -0.05) is 62.4 Å². The van der Waals surface area contributed by atoms with Crippen LogP contribution in [0.1, 0.15) is 43.9 Å². The molecule has 35 heavy (non-hydrogen) atoms. The van der Waals surface area contributed by atoms with E-state index in [0.29, 0.717) is 0 Å². The summed E-state index contributed by atoms with van der Waals surface area (Å²) >= 11 is 0. The minimum absolute atomic E-state index is 0. The fourth-order valence-electron chi connectivity index (χ4n) is 4.57. The van der Waals surface area contributed by atoms with Crippen molar-refractivity contribution in [2.24, 2.45) is 0 Å². The molecule has 0 saturated heterocycles. The zero-order valence-electron chi connectivity index (χ0n) is 19.1. The third-order valence-electron chi connectivity index (χ3n) is 5.99. The SMILES string of the molecule is CC(C)c1c(/C=C/C(O)CC(O)CC(=O)O)c(-c2ccc(F)cc2)c2c3ccccc3ccn12.[NaH]. The summed E-state index contributed by atoms with van der Waals surface area (Å²) in [5.74, 6) is -1.30. The van der Waals surface area contributed by atoms with Gasteiger partial charge in [0, 0.05) is 34.8 Å². The van der Waals surface area contributed by atoms with E-state index in [2.05, 4.69) is 36.4 Å². The monoisotopic (exact) mass is 485 g/mol. The van der Waals surface area contributed by atoms with Crippen LogP contribution in [0.15, 0.2) is 66.9 Å². The van der Waals surface area contributed by atoms with Crippen LogP contribution in [0.3, 0.4) is 0 Å². The number of hydrogen-bond acceptors (Lipinski definition) is 3. The molecule has 2 atom stereocenters. The van der Waals surface area contributed by atoms with Crippen LogP contribution in [0, 0.1) is 5.82 Å². The quantitative estimate of drug-likeness (QED) is 0.308. The average Bonchev–Trinajstić information content (AvgIpc) is 3.12. The van der Waals surface area contributed by atoms with E-state index in [1.165, 1.54) is 12.1 Å². The summed E-state index contributed by atoms with van der Waals surface area (Å²) in [4.78, 5) is 10.8. The summed E-state index contributed by atoms with van der Waals surface area (Å²) in [6.07, 6.45) is 2.78. The van der Waals surface area contributed by atoms with E-state index in [1.807, 2.05) is 24.4 Å². The molecule has 178 valence electrons. The Kier molecular flexibility index (Phi) is 8.91. The maximum absolute atomic E-state index is 13.8. The van der Waals surface area contributed by atoms with Crippen molar-refractivity contribution in [3.8, 4) is 11.1 Å². The number of benzene rings is 2. The number of aromatic nitrogens is 1. The predicted octanol–water partition coefficient (Wildman–Crippen LogP) is 4.97. The van der Waals surface area contributed by atoms with Crippen molar-refractivity contribution in [3.05, 3.63) is 83.9 Å². The Balaban J connectivity index is 0.00000342. The van der Waals surface area contributed by atoms with Gasteiger partial charge in [0.05, 0.1) is 24.1 Å². The fourth-order valence-corrected chi connectivity index (χ4v) is 4.57. The second kappa shape index (κ2) is 11.5. The van der Waals surface area contributed by atoms with E-state index in [0.717, 1.165) is 38.7 Å². The molecular weight excluding hydrogens is 456 g/mol. The molecule has 2 unspecified atom stereocenters. The normalized spacial score (nSPS) is 13.4. The summed E-state index contributed by atoms with van der Waals surface area (Å²) in [6, 6.07) is 16.5. The van der Waals surface area contributed by atoms with Gasteiger partial charge in [-0.3, -0.25) is 4.79 Å². The number of carboxylic acid groups (broad SMARTS) is 1. The molecule has 0 aliphatic rings. The third-order valence-corrected chi connectivity index (χ3v) is 5.99. The topological polar surface area (TPSA) is 82.2 Å². The molecule has 7 heteroatoms. The van der Waals surface area contributed by atoms with Gasteiger partial charge in [0.15, 0.2) is 0 Å². The fraction of sp³-hybridized carbons (Fsp3) is 0.250. The number of halogens is 1. The molecule has 2 heterocycles. The summed E-state index contributed by atoms with van der Waals surface area (Å²) in [6.45, 7) is 4.19. The molecule has 0 radical (unpaired) electrons. The molecule has 2 aromatic carbocycles. The average molecular weight is 486 g/mol. The molecule has 4 aromatic rings. The van der Waals surface area contributed by atoms with E-state index in [9.17, 15) is 19.4 Å². The Morgan fingerprint density at radius 1 is 1.06 bits per heavy atom. The van der Waals surface area contributed by atoms with Gasteiger partial charge in [0.2, 0.25) is 0 Å². The Labute approximate surface area is 225 Å². The van der Waals surface area contributed by atoms with E-state index >= 15 is 0 Å². The first kappa shape index (κ1) is 27.1. The Bertz CT molecular complexity index is 1360. The van der Waals surface area contributed by atoms with Gasteiger partial charge in [-0.25, -0.2) is 4.39 Å². The first-order valence-electron chi connectivity index (χ1n) is 11.3. The van der Waals surface area contributed by atoms with Crippen LogP contribution in [0.25, 0.3) is 33.5 Å². The number of carboxylic acids is 1. The first-order chi connectivity index (χ1) is 16.3. The number of aliphatic hydroxyl groups is 2. The maximum atomic E-state index is 13.8. The van der Waals surface area contributed by atoms with E-state index < -0.39 is 24.6 Å². The summed E-state index contributed by atoms with van der Waals surface area (Å²) in [5, 5.41) is 31.4. The van der Waals surface area contributed by atoms with E-state index in [1.54, 1.807) is 18.2 Å². The predicted molar refractivity (Wildman–Crippen MR) is 139 cm³/mol. The summed E-state index contributed by atoms with van der Waals surface area (Å²) in [5.41, 5.74) is 4.70. The zero-order chi connectivity index (χ0) is 24.4. The number of fused-ring (bicyclic) bond motifs is 3. The Morgan fingerprint density at radius 2 is 1.74 bits per heavy atom. The van der Waals surface area contributed by atoms with Crippen molar-refractivity contribution in [2.45, 2.75) is 44.8 Å². The van der Waals surface area contributed by atoms with Crippen LogP contribution in [-0.4, -0.2) is 67.5 Å². The van der Waals surface area contributed by atoms with Crippen molar-refractivity contribution in [2.75, 3.05) is 0 Å². The van der Waals surface area contributed by atoms with Crippen LogP contribution in [0.5, 0.6) is 0 Å². The van der Waals surface area contributed by atoms with Crippen LogP contribution in [0.2, 0.25) is 0 Å². The number of aliphatic hydroxyl groups excluding tert-OH is 2. The summed E-state index contributed by atoms with van der Waals surface area (Å²) in [7, 11) is 0. The molecule has 5 nitrogen and oxygen atoms in total. The molecule has 3 N–H and O–H groups in total. The summed E-state index contributed by atoms with van der Waals surface area (Å²) < 4.78 is 15.9. The number of carbonyl (C=O) groups is 1. The standard InChI is InChI=1S/C28H28FNO4.Na.H/c1-17(2)27-24(12-11-21(31)15-22(32)16-25(33)34)26(19-7-9-20(29)10-8-19)28-23-6-4-3-5-18(23)13-14-30(27)28;;/h3-14,17,21-22,31-32H,15-16H2,1-2H3,(H,33,34);;/b12-11+;;. The van der Waals surface area contributed by atoms with Crippen LogP contribution >= 0.6 is 0 Å². The van der Waals surface area contributed by atoms with Gasteiger partial charge in [-0.15, -0.1) is 0 Å². The van der Waals surface area contributed by atoms with Crippen LogP contribution in [0.4, 0.5) is 4.39 Å². The van der Waals surface area contributed by atoms with Crippen LogP contribution < -0.4 is 0 Å². The van der Waals surface area contributed by atoms with Crippen molar-refractivity contribution in [3.63, 3.8) is 0 Å². The second-order valence-corrected chi connectivity index (χ2v) is 8.87.